The summed E-state index contributed by atoms with van der Waals surface area (Å²) in [6.45, 7) is 5.98. The van der Waals surface area contributed by atoms with Gasteiger partial charge in [0.2, 0.25) is 0 Å². The van der Waals surface area contributed by atoms with Crippen molar-refractivity contribution < 1.29 is 4.74 Å². The van der Waals surface area contributed by atoms with Crippen molar-refractivity contribution in [1.82, 2.24) is 9.47 Å². The smallest absolute Gasteiger partial charge is 0.0594 e. The van der Waals surface area contributed by atoms with Crippen LogP contribution in [0.2, 0.25) is 0 Å². The van der Waals surface area contributed by atoms with Crippen molar-refractivity contribution in [3.63, 3.8) is 0 Å². The first-order valence-electron chi connectivity index (χ1n) is 12.2. The standard InChI is InChI=1S/C29H34N2O/c1-2-3-13-24(22-29(23-11-5-4-6-12-23)30-18-20-32-21-19-30)31-27-16-9-7-14-25(27)26-15-8-10-17-28(26)31/h4-12,14-17,24,29H,2-3,13,18-22H2,1H3/t24-,29+/m1/s1. The van der Waals surface area contributed by atoms with Gasteiger partial charge < -0.3 is 9.30 Å². The Balaban J connectivity index is 1.60. The quantitative estimate of drug-likeness (QED) is 0.302. The zero-order valence-corrected chi connectivity index (χ0v) is 19.1. The molecule has 1 saturated heterocycles. The molecule has 0 amide bonds. The Hall–Kier alpha value is -2.62. The topological polar surface area (TPSA) is 17.4 Å². The van der Waals surface area contributed by atoms with Gasteiger partial charge in [0.15, 0.2) is 0 Å². The lowest BCUT2D eigenvalue weighted by atomic mass is 9.94. The number of morpholine rings is 1. The van der Waals surface area contributed by atoms with E-state index in [1.807, 2.05) is 0 Å². The van der Waals surface area contributed by atoms with Crippen molar-refractivity contribution >= 4 is 21.8 Å². The third kappa shape index (κ3) is 4.20. The average Bonchev–Trinajstić information content (AvgIpc) is 3.20. The highest BCUT2D eigenvalue weighted by Gasteiger charge is 2.28. The molecule has 0 spiro atoms. The van der Waals surface area contributed by atoms with Gasteiger partial charge in [-0.15, -0.1) is 0 Å². The molecule has 0 N–H and O–H groups in total. The summed E-state index contributed by atoms with van der Waals surface area (Å²) >= 11 is 0. The number of unbranched alkanes of at least 4 members (excludes halogenated alkanes) is 1. The van der Waals surface area contributed by atoms with Gasteiger partial charge in [0.05, 0.1) is 13.2 Å². The summed E-state index contributed by atoms with van der Waals surface area (Å²) in [6, 6.07) is 29.8. The molecule has 1 fully saturated rings. The van der Waals surface area contributed by atoms with Crippen LogP contribution in [0.5, 0.6) is 0 Å². The SMILES string of the molecule is CCCC[C@H](C[C@@H](c1ccccc1)N1CCOCC1)n1c2ccccc2c2ccccc21. The fraction of sp³-hybridized carbons (Fsp3) is 0.379. The molecule has 32 heavy (non-hydrogen) atoms. The van der Waals surface area contributed by atoms with Gasteiger partial charge in [-0.2, -0.15) is 0 Å². The van der Waals surface area contributed by atoms with E-state index in [-0.39, 0.29) is 0 Å². The first kappa shape index (κ1) is 21.2. The number of nitrogens with zero attached hydrogens (tertiary/aromatic N) is 2. The molecule has 1 aromatic heterocycles. The van der Waals surface area contributed by atoms with Crippen LogP contribution in [0, 0.1) is 0 Å². The van der Waals surface area contributed by atoms with Crippen molar-refractivity contribution in [3.05, 3.63) is 84.4 Å². The Morgan fingerprint density at radius 2 is 1.38 bits per heavy atom. The fourth-order valence-electron chi connectivity index (χ4n) is 5.46. The van der Waals surface area contributed by atoms with Gasteiger partial charge in [0.25, 0.3) is 0 Å². The number of benzene rings is 3. The number of hydrogen-bond donors (Lipinski definition) is 0. The Morgan fingerprint density at radius 3 is 2.00 bits per heavy atom. The number of hydrogen-bond acceptors (Lipinski definition) is 2. The first-order chi connectivity index (χ1) is 15.9. The molecule has 2 heterocycles. The molecule has 3 heteroatoms. The van der Waals surface area contributed by atoms with Gasteiger partial charge in [-0.05, 0) is 30.5 Å². The predicted molar refractivity (Wildman–Crippen MR) is 134 cm³/mol. The van der Waals surface area contributed by atoms with Crippen LogP contribution in [-0.2, 0) is 4.74 Å². The Bertz CT molecular complexity index is 1090. The average molecular weight is 427 g/mol. The lowest BCUT2D eigenvalue weighted by Gasteiger charge is -2.37. The van der Waals surface area contributed by atoms with Crippen molar-refractivity contribution in [1.29, 1.82) is 0 Å². The monoisotopic (exact) mass is 426 g/mol. The molecule has 1 aliphatic rings. The summed E-state index contributed by atoms with van der Waals surface area (Å²) in [5.41, 5.74) is 4.16. The van der Waals surface area contributed by atoms with E-state index in [1.54, 1.807) is 0 Å². The summed E-state index contributed by atoms with van der Waals surface area (Å²) in [5, 5.41) is 2.74. The van der Waals surface area contributed by atoms with Crippen LogP contribution < -0.4 is 0 Å². The minimum atomic E-state index is 0.405. The van der Waals surface area contributed by atoms with Crippen molar-refractivity contribution in [2.45, 2.75) is 44.7 Å². The molecule has 166 valence electrons. The van der Waals surface area contributed by atoms with Crippen LogP contribution >= 0.6 is 0 Å². The summed E-state index contributed by atoms with van der Waals surface area (Å²) in [6.07, 6.45) is 4.79. The van der Waals surface area contributed by atoms with Crippen LogP contribution in [0.3, 0.4) is 0 Å². The van der Waals surface area contributed by atoms with Crippen LogP contribution in [-0.4, -0.2) is 35.8 Å². The summed E-state index contributed by atoms with van der Waals surface area (Å²) < 4.78 is 8.35. The highest BCUT2D eigenvalue weighted by molar-refractivity contribution is 6.08. The number of aromatic nitrogens is 1. The Morgan fingerprint density at radius 1 is 0.781 bits per heavy atom. The largest absolute Gasteiger partial charge is 0.379 e. The highest BCUT2D eigenvalue weighted by Crippen LogP contribution is 2.39. The molecular weight excluding hydrogens is 392 g/mol. The van der Waals surface area contributed by atoms with E-state index in [0.717, 1.165) is 32.7 Å². The second kappa shape index (κ2) is 9.89. The molecule has 4 aromatic rings. The number of rotatable bonds is 8. The summed E-state index contributed by atoms with van der Waals surface area (Å²) in [5.74, 6) is 0. The first-order valence-corrected chi connectivity index (χ1v) is 12.2. The minimum Gasteiger partial charge on any atom is -0.379 e. The molecule has 0 saturated carbocycles. The molecule has 2 atom stereocenters. The van der Waals surface area contributed by atoms with E-state index in [9.17, 15) is 0 Å². The van der Waals surface area contributed by atoms with Crippen LogP contribution in [0.4, 0.5) is 0 Å². The van der Waals surface area contributed by atoms with E-state index in [4.69, 9.17) is 4.74 Å². The number of fused-ring (bicyclic) bond motifs is 3. The Labute approximate surface area is 191 Å². The van der Waals surface area contributed by atoms with Crippen molar-refractivity contribution in [2.24, 2.45) is 0 Å². The van der Waals surface area contributed by atoms with Crippen LogP contribution in [0.1, 0.15) is 50.3 Å². The second-order valence-corrected chi connectivity index (χ2v) is 9.01. The van der Waals surface area contributed by atoms with Crippen molar-refractivity contribution in [3.8, 4) is 0 Å². The molecule has 0 unspecified atom stereocenters. The van der Waals surface area contributed by atoms with Gasteiger partial charge in [0, 0.05) is 47.0 Å². The van der Waals surface area contributed by atoms with Crippen LogP contribution in [0.25, 0.3) is 21.8 Å². The lowest BCUT2D eigenvalue weighted by Crippen LogP contribution is -2.40. The van der Waals surface area contributed by atoms with Gasteiger partial charge >= 0.3 is 0 Å². The van der Waals surface area contributed by atoms with E-state index >= 15 is 0 Å². The third-order valence-electron chi connectivity index (χ3n) is 7.04. The molecule has 0 bridgehead atoms. The zero-order chi connectivity index (χ0) is 21.8. The van der Waals surface area contributed by atoms with Gasteiger partial charge in [0.1, 0.15) is 0 Å². The summed E-state index contributed by atoms with van der Waals surface area (Å²) in [7, 11) is 0. The van der Waals surface area contributed by atoms with Crippen LogP contribution in [0.15, 0.2) is 78.9 Å². The number of ether oxygens (including phenoxy) is 1. The Kier molecular flexibility index (Phi) is 6.56. The molecule has 0 radical (unpaired) electrons. The molecule has 3 aromatic carbocycles. The predicted octanol–water partition coefficient (Wildman–Crippen LogP) is 6.99. The van der Waals surface area contributed by atoms with E-state index in [1.165, 1.54) is 46.6 Å². The lowest BCUT2D eigenvalue weighted by molar-refractivity contribution is 0.0109. The molecule has 5 rings (SSSR count). The second-order valence-electron chi connectivity index (χ2n) is 9.01. The normalized spacial score (nSPS) is 17.0. The molecule has 3 nitrogen and oxygen atoms in total. The fourth-order valence-corrected chi connectivity index (χ4v) is 5.46. The van der Waals surface area contributed by atoms with Gasteiger partial charge in [-0.3, -0.25) is 4.90 Å². The van der Waals surface area contributed by atoms with Gasteiger partial charge in [-0.1, -0.05) is 86.5 Å². The maximum absolute atomic E-state index is 5.70. The third-order valence-corrected chi connectivity index (χ3v) is 7.04. The molecule has 0 aliphatic carbocycles. The zero-order valence-electron chi connectivity index (χ0n) is 19.1. The number of para-hydroxylation sites is 2. The van der Waals surface area contributed by atoms with E-state index < -0.39 is 0 Å². The highest BCUT2D eigenvalue weighted by atomic mass is 16.5. The summed E-state index contributed by atoms with van der Waals surface area (Å²) in [4.78, 5) is 2.64. The maximum Gasteiger partial charge on any atom is 0.0594 e. The molecule has 1 aliphatic heterocycles. The van der Waals surface area contributed by atoms with E-state index in [2.05, 4.69) is 95.3 Å². The van der Waals surface area contributed by atoms with Gasteiger partial charge in [-0.25, -0.2) is 0 Å². The minimum absolute atomic E-state index is 0.405. The van der Waals surface area contributed by atoms with E-state index in [0.29, 0.717) is 12.1 Å². The molecular formula is C29H34N2O. The van der Waals surface area contributed by atoms with Crippen molar-refractivity contribution in [2.75, 3.05) is 26.3 Å². The maximum atomic E-state index is 5.70.